The van der Waals surface area contributed by atoms with Crippen molar-refractivity contribution in [1.82, 2.24) is 0 Å². The van der Waals surface area contributed by atoms with E-state index in [-0.39, 0.29) is 0 Å². The van der Waals surface area contributed by atoms with Crippen LogP contribution in [0.15, 0.2) is 15.0 Å². The summed E-state index contributed by atoms with van der Waals surface area (Å²) >= 11 is 6.59. The van der Waals surface area contributed by atoms with Gasteiger partial charge in [0, 0.05) is 10.0 Å². The van der Waals surface area contributed by atoms with E-state index in [1.165, 1.54) is 14.2 Å². The summed E-state index contributed by atoms with van der Waals surface area (Å²) in [5, 5.41) is 0. The van der Waals surface area contributed by atoms with Crippen LogP contribution in [0.25, 0.3) is 0 Å². The minimum Gasteiger partial charge on any atom is -0.493 e. The Morgan fingerprint density at radius 3 is 2.29 bits per heavy atom. The number of rotatable bonds is 3. The molecule has 14 heavy (non-hydrogen) atoms. The van der Waals surface area contributed by atoms with Crippen molar-refractivity contribution in [2.45, 2.75) is 0 Å². The van der Waals surface area contributed by atoms with E-state index >= 15 is 0 Å². The molecule has 76 valence electrons. The Balaban J connectivity index is 3.45. The van der Waals surface area contributed by atoms with Crippen LogP contribution in [-0.2, 0) is 0 Å². The molecule has 0 N–H and O–H groups in total. The quantitative estimate of drug-likeness (QED) is 0.802. The molecule has 0 spiro atoms. The number of hydrogen-bond acceptors (Lipinski definition) is 3. The monoisotopic (exact) mass is 322 g/mol. The first-order valence-electron chi connectivity index (χ1n) is 3.70. The minimum absolute atomic E-state index is 0.509. The number of carbonyl (C=O) groups is 1. The number of hydrogen-bond donors (Lipinski definition) is 0. The summed E-state index contributed by atoms with van der Waals surface area (Å²) in [6.45, 7) is 0. The Morgan fingerprint density at radius 1 is 1.21 bits per heavy atom. The number of methoxy groups -OCH3 is 2. The van der Waals surface area contributed by atoms with Gasteiger partial charge in [-0.2, -0.15) is 0 Å². The lowest BCUT2D eigenvalue weighted by molar-refractivity contribution is 0.112. The highest BCUT2D eigenvalue weighted by Crippen LogP contribution is 2.41. The van der Waals surface area contributed by atoms with E-state index in [1.54, 1.807) is 6.07 Å². The van der Waals surface area contributed by atoms with Crippen LogP contribution in [0.2, 0.25) is 0 Å². The fraction of sp³-hybridized carbons (Fsp3) is 0.222. The van der Waals surface area contributed by atoms with Gasteiger partial charge in [-0.1, -0.05) is 0 Å². The topological polar surface area (TPSA) is 35.5 Å². The first-order valence-corrected chi connectivity index (χ1v) is 5.29. The first kappa shape index (κ1) is 11.5. The van der Waals surface area contributed by atoms with Crippen molar-refractivity contribution in [3.63, 3.8) is 0 Å². The first-order chi connectivity index (χ1) is 6.65. The number of aldehydes is 1. The molecule has 0 saturated heterocycles. The lowest BCUT2D eigenvalue weighted by Crippen LogP contribution is -1.95. The van der Waals surface area contributed by atoms with Gasteiger partial charge in [-0.05, 0) is 37.9 Å². The average Bonchev–Trinajstić information content (AvgIpc) is 2.21. The van der Waals surface area contributed by atoms with Crippen molar-refractivity contribution in [1.29, 1.82) is 0 Å². The smallest absolute Gasteiger partial charge is 0.176 e. The summed E-state index contributed by atoms with van der Waals surface area (Å²) in [6.07, 6.45) is 0.747. The van der Waals surface area contributed by atoms with Crippen molar-refractivity contribution in [2.24, 2.45) is 0 Å². The fourth-order valence-corrected chi connectivity index (χ4v) is 2.01. The zero-order chi connectivity index (χ0) is 10.7. The summed E-state index contributed by atoms with van der Waals surface area (Å²) in [5.74, 6) is 1.08. The maximum atomic E-state index is 10.7. The standard InChI is InChI=1S/C9H8Br2O3/c1-13-6-3-5(4-12)7(10)8(11)9(6)14-2/h3-4H,1-2H3. The summed E-state index contributed by atoms with van der Waals surface area (Å²) in [5.41, 5.74) is 0.509. The summed E-state index contributed by atoms with van der Waals surface area (Å²) in [4.78, 5) is 10.7. The van der Waals surface area contributed by atoms with E-state index in [0.29, 0.717) is 26.0 Å². The maximum absolute atomic E-state index is 10.7. The van der Waals surface area contributed by atoms with E-state index in [2.05, 4.69) is 31.9 Å². The van der Waals surface area contributed by atoms with Crippen LogP contribution in [0.1, 0.15) is 10.4 Å². The number of ether oxygens (including phenoxy) is 2. The van der Waals surface area contributed by atoms with Gasteiger partial charge in [0.05, 0.1) is 18.7 Å². The van der Waals surface area contributed by atoms with Gasteiger partial charge < -0.3 is 9.47 Å². The third-order valence-corrected chi connectivity index (χ3v) is 3.85. The molecule has 0 fully saturated rings. The number of benzene rings is 1. The molecule has 1 aromatic carbocycles. The predicted molar refractivity (Wildman–Crippen MR) is 60.3 cm³/mol. The Morgan fingerprint density at radius 2 is 1.86 bits per heavy atom. The Labute approximate surface area is 98.6 Å². The zero-order valence-electron chi connectivity index (χ0n) is 7.64. The molecule has 0 bridgehead atoms. The molecule has 0 aliphatic carbocycles. The molecule has 0 radical (unpaired) electrons. The van der Waals surface area contributed by atoms with E-state index < -0.39 is 0 Å². The molecule has 5 heteroatoms. The molecule has 0 amide bonds. The van der Waals surface area contributed by atoms with Crippen LogP contribution in [0.4, 0.5) is 0 Å². The molecule has 1 rings (SSSR count). The highest BCUT2D eigenvalue weighted by atomic mass is 79.9. The van der Waals surface area contributed by atoms with Gasteiger partial charge in [-0.15, -0.1) is 0 Å². The Kier molecular flexibility index (Phi) is 3.95. The van der Waals surface area contributed by atoms with Gasteiger partial charge in [0.1, 0.15) is 0 Å². The highest BCUT2D eigenvalue weighted by molar-refractivity contribution is 9.13. The molecule has 0 atom stereocenters. The molecule has 0 saturated carbocycles. The van der Waals surface area contributed by atoms with Crippen LogP contribution in [0.5, 0.6) is 11.5 Å². The predicted octanol–water partition coefficient (Wildman–Crippen LogP) is 3.04. The molecule has 0 aliphatic rings. The van der Waals surface area contributed by atoms with Gasteiger partial charge in [0.2, 0.25) is 0 Å². The van der Waals surface area contributed by atoms with Crippen LogP contribution in [-0.4, -0.2) is 20.5 Å². The third kappa shape index (κ3) is 1.93. The van der Waals surface area contributed by atoms with Gasteiger partial charge in [0.15, 0.2) is 17.8 Å². The van der Waals surface area contributed by atoms with Gasteiger partial charge in [0.25, 0.3) is 0 Å². The molecule has 0 aliphatic heterocycles. The van der Waals surface area contributed by atoms with Crippen molar-refractivity contribution >= 4 is 38.1 Å². The second-order valence-corrected chi connectivity index (χ2v) is 4.03. The van der Waals surface area contributed by atoms with Crippen molar-refractivity contribution < 1.29 is 14.3 Å². The average molecular weight is 324 g/mol. The van der Waals surface area contributed by atoms with Crippen LogP contribution < -0.4 is 9.47 Å². The lowest BCUT2D eigenvalue weighted by Gasteiger charge is -2.11. The lowest BCUT2D eigenvalue weighted by atomic mass is 10.2. The second kappa shape index (κ2) is 4.79. The van der Waals surface area contributed by atoms with Crippen molar-refractivity contribution in [2.75, 3.05) is 14.2 Å². The van der Waals surface area contributed by atoms with E-state index in [1.807, 2.05) is 0 Å². The molecule has 0 aromatic heterocycles. The molecule has 0 heterocycles. The Hall–Kier alpha value is -0.550. The summed E-state index contributed by atoms with van der Waals surface area (Å²) in [6, 6.07) is 1.61. The maximum Gasteiger partial charge on any atom is 0.176 e. The Bertz CT molecular complexity index is 364. The van der Waals surface area contributed by atoms with E-state index in [0.717, 1.165) is 6.29 Å². The molecule has 0 unspecified atom stereocenters. The SMILES string of the molecule is COc1cc(C=O)c(Br)c(Br)c1OC. The van der Waals surface area contributed by atoms with Gasteiger partial charge in [-0.3, -0.25) is 4.79 Å². The second-order valence-electron chi connectivity index (χ2n) is 2.45. The van der Waals surface area contributed by atoms with Crippen LogP contribution in [0.3, 0.4) is 0 Å². The zero-order valence-corrected chi connectivity index (χ0v) is 10.8. The van der Waals surface area contributed by atoms with Crippen LogP contribution in [0, 0.1) is 0 Å². The van der Waals surface area contributed by atoms with Gasteiger partial charge >= 0.3 is 0 Å². The minimum atomic E-state index is 0.509. The number of halogens is 2. The van der Waals surface area contributed by atoms with Crippen molar-refractivity contribution in [3.8, 4) is 11.5 Å². The van der Waals surface area contributed by atoms with E-state index in [4.69, 9.17) is 9.47 Å². The molecule has 3 nitrogen and oxygen atoms in total. The molecular formula is C9H8Br2O3. The fourth-order valence-electron chi connectivity index (χ4n) is 1.03. The molecule has 1 aromatic rings. The summed E-state index contributed by atoms with van der Waals surface area (Å²) in [7, 11) is 3.06. The summed E-state index contributed by atoms with van der Waals surface area (Å²) < 4.78 is 11.5. The van der Waals surface area contributed by atoms with E-state index in [9.17, 15) is 4.79 Å². The third-order valence-electron chi connectivity index (χ3n) is 1.71. The van der Waals surface area contributed by atoms with Crippen LogP contribution >= 0.6 is 31.9 Å². The number of carbonyl (C=O) groups excluding carboxylic acids is 1. The molecular weight excluding hydrogens is 316 g/mol. The van der Waals surface area contributed by atoms with Gasteiger partial charge in [-0.25, -0.2) is 0 Å². The normalized spacial score (nSPS) is 9.71. The highest BCUT2D eigenvalue weighted by Gasteiger charge is 2.15. The largest absolute Gasteiger partial charge is 0.493 e. The van der Waals surface area contributed by atoms with Crippen molar-refractivity contribution in [3.05, 3.63) is 20.6 Å².